The number of methoxy groups -OCH3 is 1. The normalized spacial score (nSPS) is 12.2. The van der Waals surface area contributed by atoms with E-state index in [4.69, 9.17) is 9.47 Å². The fourth-order valence-corrected chi connectivity index (χ4v) is 3.17. The van der Waals surface area contributed by atoms with E-state index in [0.717, 1.165) is 23.8 Å². The van der Waals surface area contributed by atoms with Gasteiger partial charge in [0.2, 0.25) is 0 Å². The Morgan fingerprint density at radius 2 is 2.04 bits per heavy atom. The van der Waals surface area contributed by atoms with Crippen LogP contribution in [0.1, 0.15) is 24.0 Å². The predicted molar refractivity (Wildman–Crippen MR) is 120 cm³/mol. The van der Waals surface area contributed by atoms with Crippen molar-refractivity contribution in [2.75, 3.05) is 33.9 Å². The van der Waals surface area contributed by atoms with E-state index < -0.39 is 0 Å². The first-order valence-corrected chi connectivity index (χ1v) is 9.35. The quantitative estimate of drug-likeness (QED) is 0.243. The fourth-order valence-electron chi connectivity index (χ4n) is 2.39. The number of thiophene rings is 1. The number of aliphatic imine (C=N–C) groups is 1. The van der Waals surface area contributed by atoms with E-state index in [-0.39, 0.29) is 24.0 Å². The Labute approximate surface area is 177 Å². The van der Waals surface area contributed by atoms with Crippen molar-refractivity contribution in [3.63, 3.8) is 0 Å². The summed E-state index contributed by atoms with van der Waals surface area (Å²) >= 11 is 1.73. The van der Waals surface area contributed by atoms with Crippen molar-refractivity contribution in [1.29, 1.82) is 0 Å². The number of hydrogen-bond acceptors (Lipinski definition) is 4. The smallest absolute Gasteiger partial charge is 0.191 e. The van der Waals surface area contributed by atoms with Gasteiger partial charge in [-0.25, -0.2) is 0 Å². The van der Waals surface area contributed by atoms with Crippen LogP contribution >= 0.6 is 35.3 Å². The maximum atomic E-state index is 5.72. The van der Waals surface area contributed by atoms with Crippen molar-refractivity contribution in [2.45, 2.75) is 19.4 Å². The predicted octanol–water partition coefficient (Wildman–Crippen LogP) is 3.86. The zero-order valence-corrected chi connectivity index (χ0v) is 18.7. The number of nitrogens with zero attached hydrogens (tertiary/aromatic N) is 1. The molecule has 2 rings (SSSR count). The summed E-state index contributed by atoms with van der Waals surface area (Å²) in [5, 5.41) is 10.9. The topological polar surface area (TPSA) is 54.9 Å². The van der Waals surface area contributed by atoms with Gasteiger partial charge in [-0.05, 0) is 34.4 Å². The average molecular weight is 489 g/mol. The van der Waals surface area contributed by atoms with E-state index in [9.17, 15) is 0 Å². The van der Waals surface area contributed by atoms with Crippen molar-refractivity contribution in [1.82, 2.24) is 10.6 Å². The Morgan fingerprint density at radius 1 is 1.23 bits per heavy atom. The molecule has 0 amide bonds. The molecule has 2 aromatic rings. The molecule has 1 heterocycles. The van der Waals surface area contributed by atoms with Gasteiger partial charge in [-0.1, -0.05) is 25.1 Å². The van der Waals surface area contributed by atoms with E-state index in [1.54, 1.807) is 25.5 Å². The second-order valence-corrected chi connectivity index (χ2v) is 6.48. The molecule has 1 aromatic heterocycles. The zero-order valence-electron chi connectivity index (χ0n) is 15.5. The van der Waals surface area contributed by atoms with Crippen LogP contribution in [0.3, 0.4) is 0 Å². The molecule has 0 saturated carbocycles. The van der Waals surface area contributed by atoms with Crippen LogP contribution in [0.2, 0.25) is 0 Å². The minimum Gasteiger partial charge on any atom is -0.496 e. The monoisotopic (exact) mass is 489 g/mol. The molecule has 2 N–H and O–H groups in total. The number of hydrogen-bond donors (Lipinski definition) is 2. The molecule has 0 aliphatic carbocycles. The van der Waals surface area contributed by atoms with E-state index in [0.29, 0.717) is 25.7 Å². The molecule has 0 saturated heterocycles. The molecule has 0 radical (unpaired) electrons. The molecule has 1 aromatic carbocycles. The molecule has 5 nitrogen and oxygen atoms in total. The van der Waals surface area contributed by atoms with Crippen molar-refractivity contribution >= 4 is 41.3 Å². The summed E-state index contributed by atoms with van der Waals surface area (Å²) in [4.78, 5) is 4.25. The Hall–Kier alpha value is -1.32. The van der Waals surface area contributed by atoms with Gasteiger partial charge < -0.3 is 20.1 Å². The summed E-state index contributed by atoms with van der Waals surface area (Å²) in [6.07, 6.45) is 0. The van der Waals surface area contributed by atoms with E-state index >= 15 is 0 Å². The number of nitrogens with one attached hydrogen (secondary N) is 2. The maximum Gasteiger partial charge on any atom is 0.191 e. The van der Waals surface area contributed by atoms with Gasteiger partial charge in [0.15, 0.2) is 5.96 Å². The number of halogens is 1. The second-order valence-electron chi connectivity index (χ2n) is 5.70. The number of benzene rings is 1. The molecule has 0 spiro atoms. The number of ether oxygens (including phenoxy) is 2. The standard InChI is InChI=1S/C19H27N3O2S.HI/c1-15(17-8-11-25-14-17)12-22-19(20-2)21-9-10-24-13-16-6-4-5-7-18(16)23-3;/h4-8,11,14-15H,9-10,12-13H2,1-3H3,(H2,20,21,22);1H. The highest BCUT2D eigenvalue weighted by molar-refractivity contribution is 14.0. The highest BCUT2D eigenvalue weighted by atomic mass is 127. The molecular formula is C19H28IN3O2S. The van der Waals surface area contributed by atoms with Crippen LogP contribution in [-0.4, -0.2) is 39.8 Å². The summed E-state index contributed by atoms with van der Waals surface area (Å²) in [5.74, 6) is 2.10. The van der Waals surface area contributed by atoms with Gasteiger partial charge in [0.25, 0.3) is 0 Å². The van der Waals surface area contributed by atoms with Gasteiger partial charge in [0.05, 0.1) is 20.3 Å². The first-order chi connectivity index (χ1) is 12.2. The second kappa shape index (κ2) is 12.9. The number of rotatable bonds is 9. The van der Waals surface area contributed by atoms with Crippen molar-refractivity contribution < 1.29 is 9.47 Å². The average Bonchev–Trinajstić information content (AvgIpc) is 3.19. The van der Waals surface area contributed by atoms with Crippen LogP contribution in [0, 0.1) is 0 Å². The van der Waals surface area contributed by atoms with Crippen LogP contribution in [0.15, 0.2) is 46.1 Å². The minimum absolute atomic E-state index is 0. The van der Waals surface area contributed by atoms with E-state index in [2.05, 4.69) is 39.4 Å². The Kier molecular flexibility index (Phi) is 11.3. The lowest BCUT2D eigenvalue weighted by Gasteiger charge is -2.15. The lowest BCUT2D eigenvalue weighted by atomic mass is 10.1. The molecule has 1 unspecified atom stereocenters. The molecule has 0 aliphatic heterocycles. The number of para-hydroxylation sites is 1. The summed E-state index contributed by atoms with van der Waals surface area (Å²) < 4.78 is 11.0. The first kappa shape index (κ1) is 22.7. The van der Waals surface area contributed by atoms with E-state index in [1.165, 1.54) is 5.56 Å². The number of guanidine groups is 1. The molecule has 144 valence electrons. The summed E-state index contributed by atoms with van der Waals surface area (Å²) in [6.45, 7) is 4.88. The first-order valence-electron chi connectivity index (χ1n) is 8.40. The lowest BCUT2D eigenvalue weighted by molar-refractivity contribution is 0.123. The van der Waals surface area contributed by atoms with Crippen LogP contribution < -0.4 is 15.4 Å². The summed E-state index contributed by atoms with van der Waals surface area (Å²) in [5.41, 5.74) is 2.41. The third kappa shape index (κ3) is 7.51. The maximum absolute atomic E-state index is 5.72. The van der Waals surface area contributed by atoms with Crippen molar-refractivity contribution in [3.05, 3.63) is 52.2 Å². The zero-order chi connectivity index (χ0) is 17.9. The lowest BCUT2D eigenvalue weighted by Crippen LogP contribution is -2.40. The van der Waals surface area contributed by atoms with Gasteiger partial charge >= 0.3 is 0 Å². The van der Waals surface area contributed by atoms with Crippen LogP contribution in [0.4, 0.5) is 0 Å². The minimum atomic E-state index is 0. The highest BCUT2D eigenvalue weighted by Crippen LogP contribution is 2.18. The molecule has 1 atom stereocenters. The Morgan fingerprint density at radius 3 is 2.73 bits per heavy atom. The third-order valence-corrected chi connectivity index (χ3v) is 4.60. The van der Waals surface area contributed by atoms with Crippen LogP contribution in [0.25, 0.3) is 0 Å². The van der Waals surface area contributed by atoms with Gasteiger partial charge in [-0.3, -0.25) is 4.99 Å². The van der Waals surface area contributed by atoms with Crippen molar-refractivity contribution in [2.24, 2.45) is 4.99 Å². The van der Waals surface area contributed by atoms with Crippen LogP contribution in [-0.2, 0) is 11.3 Å². The molecule has 0 bridgehead atoms. The van der Waals surface area contributed by atoms with Gasteiger partial charge in [-0.15, -0.1) is 24.0 Å². The van der Waals surface area contributed by atoms with Crippen LogP contribution in [0.5, 0.6) is 5.75 Å². The molecule has 0 aliphatic rings. The van der Waals surface area contributed by atoms with Gasteiger partial charge in [0.1, 0.15) is 5.75 Å². The summed E-state index contributed by atoms with van der Waals surface area (Å²) in [7, 11) is 3.45. The largest absolute Gasteiger partial charge is 0.496 e. The summed E-state index contributed by atoms with van der Waals surface area (Å²) in [6, 6.07) is 10.1. The molecule has 7 heteroatoms. The fraction of sp³-hybridized carbons (Fsp3) is 0.421. The highest BCUT2D eigenvalue weighted by Gasteiger charge is 2.07. The molecule has 0 fully saturated rings. The molecule has 26 heavy (non-hydrogen) atoms. The third-order valence-electron chi connectivity index (χ3n) is 3.90. The molecular weight excluding hydrogens is 461 g/mol. The van der Waals surface area contributed by atoms with Gasteiger partial charge in [-0.2, -0.15) is 11.3 Å². The Bertz CT molecular complexity index is 650. The van der Waals surface area contributed by atoms with E-state index in [1.807, 2.05) is 24.3 Å². The van der Waals surface area contributed by atoms with Gasteiger partial charge in [0, 0.05) is 25.7 Å². The SMILES string of the molecule is CN=C(NCCOCc1ccccc1OC)NCC(C)c1ccsc1.I. The Balaban J connectivity index is 0.00000338. The van der Waals surface area contributed by atoms with Crippen molar-refractivity contribution in [3.8, 4) is 5.75 Å².